The summed E-state index contributed by atoms with van der Waals surface area (Å²) in [5.74, 6) is 1.98. The summed E-state index contributed by atoms with van der Waals surface area (Å²) in [6, 6.07) is 13.7. The Kier molecular flexibility index (Phi) is 6.88. The van der Waals surface area contributed by atoms with Gasteiger partial charge in [0.15, 0.2) is 0 Å². The topological polar surface area (TPSA) is 67.9 Å². The number of nitrogens with zero attached hydrogens (tertiary/aromatic N) is 1. The van der Waals surface area contributed by atoms with Crippen molar-refractivity contribution >= 4 is 22.4 Å². The molecule has 0 spiro atoms. The minimum atomic E-state index is -3.50. The number of hydrogen-bond acceptors (Lipinski definition) is 5. The Hall–Kier alpha value is -1.80. The van der Waals surface area contributed by atoms with E-state index in [9.17, 15) is 8.42 Å². The molecule has 0 saturated carbocycles. The lowest BCUT2D eigenvalue weighted by atomic mass is 10.3. The van der Waals surface area contributed by atoms with Gasteiger partial charge in [-0.3, -0.25) is 0 Å². The van der Waals surface area contributed by atoms with Crippen LogP contribution in [0.4, 0.5) is 0 Å². The molecule has 2 aromatic rings. The molecule has 1 atom stereocenters. The van der Waals surface area contributed by atoms with Crippen LogP contribution in [0.5, 0.6) is 17.2 Å². The second-order valence-corrected chi connectivity index (χ2v) is 7.91. The molecule has 2 aromatic carbocycles. The van der Waals surface area contributed by atoms with Gasteiger partial charge in [-0.1, -0.05) is 0 Å². The standard InChI is InChI=1S/C18H22N2O4S.ClH/c1-20(14-11-12-19-13-14)25(21,22)18-9-7-17(8-10-18)24-16-5-3-15(23-2)4-6-16;/h3-10,14,19H,11-13H2,1-2H3;1H. The van der Waals surface area contributed by atoms with Crippen LogP contribution in [0.25, 0.3) is 0 Å². The molecule has 1 saturated heterocycles. The predicted octanol–water partition coefficient (Wildman–Crippen LogP) is 2.89. The SMILES string of the molecule is COc1ccc(Oc2ccc(S(=O)(=O)N(C)C3CCNC3)cc2)cc1.Cl. The maximum Gasteiger partial charge on any atom is 0.243 e. The van der Waals surface area contributed by atoms with Crippen LogP contribution < -0.4 is 14.8 Å². The number of likely N-dealkylation sites (N-methyl/N-ethyl adjacent to an activating group) is 1. The molecule has 3 rings (SSSR count). The maximum atomic E-state index is 12.7. The van der Waals surface area contributed by atoms with Crippen molar-refractivity contribution in [2.24, 2.45) is 0 Å². The summed E-state index contributed by atoms with van der Waals surface area (Å²) in [6.45, 7) is 1.54. The van der Waals surface area contributed by atoms with Gasteiger partial charge in [-0.2, -0.15) is 4.31 Å². The Labute approximate surface area is 160 Å². The highest BCUT2D eigenvalue weighted by molar-refractivity contribution is 7.89. The second kappa shape index (κ2) is 8.73. The Bertz CT molecular complexity index is 804. The molecule has 8 heteroatoms. The molecule has 26 heavy (non-hydrogen) atoms. The van der Waals surface area contributed by atoms with Gasteiger partial charge in [0.1, 0.15) is 17.2 Å². The van der Waals surface area contributed by atoms with E-state index in [2.05, 4.69) is 5.32 Å². The molecule has 1 aliphatic heterocycles. The molecular weight excluding hydrogens is 376 g/mol. The summed E-state index contributed by atoms with van der Waals surface area (Å²) < 4.78 is 37.7. The fourth-order valence-corrected chi connectivity index (χ4v) is 4.16. The normalized spacial score (nSPS) is 17.0. The highest BCUT2D eigenvalue weighted by atomic mass is 35.5. The number of methoxy groups -OCH3 is 1. The molecule has 6 nitrogen and oxygen atoms in total. The monoisotopic (exact) mass is 398 g/mol. The highest BCUT2D eigenvalue weighted by Crippen LogP contribution is 2.26. The number of halogens is 1. The largest absolute Gasteiger partial charge is 0.497 e. The molecule has 0 aromatic heterocycles. The van der Waals surface area contributed by atoms with Crippen LogP contribution in [0.15, 0.2) is 53.4 Å². The van der Waals surface area contributed by atoms with Crippen molar-refractivity contribution in [3.05, 3.63) is 48.5 Å². The van der Waals surface area contributed by atoms with E-state index in [-0.39, 0.29) is 23.3 Å². The van der Waals surface area contributed by atoms with E-state index in [0.29, 0.717) is 18.0 Å². The lowest BCUT2D eigenvalue weighted by Gasteiger charge is -2.23. The van der Waals surface area contributed by atoms with Crippen molar-refractivity contribution in [1.82, 2.24) is 9.62 Å². The van der Waals surface area contributed by atoms with E-state index in [0.717, 1.165) is 18.7 Å². The van der Waals surface area contributed by atoms with Gasteiger partial charge in [-0.15, -0.1) is 12.4 Å². The van der Waals surface area contributed by atoms with Gasteiger partial charge in [0.25, 0.3) is 0 Å². The zero-order valence-electron chi connectivity index (χ0n) is 14.7. The van der Waals surface area contributed by atoms with Crippen LogP contribution in [-0.4, -0.2) is 46.0 Å². The number of rotatable bonds is 6. The third kappa shape index (κ3) is 4.48. The summed E-state index contributed by atoms with van der Waals surface area (Å²) in [5, 5.41) is 3.19. The third-order valence-electron chi connectivity index (χ3n) is 4.34. The molecule has 1 heterocycles. The van der Waals surface area contributed by atoms with Gasteiger partial charge >= 0.3 is 0 Å². The molecule has 1 fully saturated rings. The van der Waals surface area contributed by atoms with E-state index in [1.165, 1.54) is 4.31 Å². The van der Waals surface area contributed by atoms with Crippen LogP contribution >= 0.6 is 12.4 Å². The van der Waals surface area contributed by atoms with Crippen LogP contribution in [0.1, 0.15) is 6.42 Å². The van der Waals surface area contributed by atoms with E-state index < -0.39 is 10.0 Å². The fraction of sp³-hybridized carbons (Fsp3) is 0.333. The zero-order valence-corrected chi connectivity index (χ0v) is 16.3. The van der Waals surface area contributed by atoms with E-state index >= 15 is 0 Å². The lowest BCUT2D eigenvalue weighted by molar-refractivity contribution is 0.387. The van der Waals surface area contributed by atoms with Gasteiger partial charge < -0.3 is 14.8 Å². The molecule has 0 amide bonds. The quantitative estimate of drug-likeness (QED) is 0.810. The summed E-state index contributed by atoms with van der Waals surface area (Å²) in [5.41, 5.74) is 0. The van der Waals surface area contributed by atoms with Crippen LogP contribution in [-0.2, 0) is 10.0 Å². The predicted molar refractivity (Wildman–Crippen MR) is 103 cm³/mol. The van der Waals surface area contributed by atoms with Crippen LogP contribution in [0, 0.1) is 0 Å². The highest BCUT2D eigenvalue weighted by Gasteiger charge is 2.29. The van der Waals surface area contributed by atoms with Crippen molar-refractivity contribution in [1.29, 1.82) is 0 Å². The average Bonchev–Trinajstić information content (AvgIpc) is 3.16. The summed E-state index contributed by atoms with van der Waals surface area (Å²) in [7, 11) is -0.261. The fourth-order valence-electron chi connectivity index (χ4n) is 2.77. The number of sulfonamides is 1. The Morgan fingerprint density at radius 1 is 1.00 bits per heavy atom. The third-order valence-corrected chi connectivity index (χ3v) is 6.27. The number of hydrogen-bond donors (Lipinski definition) is 1. The first kappa shape index (κ1) is 20.5. The second-order valence-electron chi connectivity index (χ2n) is 5.92. The van der Waals surface area contributed by atoms with Gasteiger partial charge in [-0.05, 0) is 61.5 Å². The Morgan fingerprint density at radius 3 is 2.04 bits per heavy atom. The van der Waals surface area contributed by atoms with Crippen molar-refractivity contribution in [2.45, 2.75) is 17.4 Å². The van der Waals surface area contributed by atoms with Gasteiger partial charge in [-0.25, -0.2) is 8.42 Å². The van der Waals surface area contributed by atoms with E-state index in [1.807, 2.05) is 0 Å². The smallest absolute Gasteiger partial charge is 0.243 e. The first-order chi connectivity index (χ1) is 12.0. The molecule has 142 valence electrons. The van der Waals surface area contributed by atoms with Crippen molar-refractivity contribution in [3.8, 4) is 17.2 Å². The summed E-state index contributed by atoms with van der Waals surface area (Å²) >= 11 is 0. The average molecular weight is 399 g/mol. The van der Waals surface area contributed by atoms with Crippen molar-refractivity contribution < 1.29 is 17.9 Å². The molecule has 1 unspecified atom stereocenters. The van der Waals surface area contributed by atoms with Gasteiger partial charge in [0.05, 0.1) is 12.0 Å². The molecular formula is C18H23ClN2O4S. The molecule has 0 aliphatic carbocycles. The van der Waals surface area contributed by atoms with Gasteiger partial charge in [0, 0.05) is 19.6 Å². The molecule has 0 bridgehead atoms. The van der Waals surface area contributed by atoms with Crippen molar-refractivity contribution in [3.63, 3.8) is 0 Å². The minimum Gasteiger partial charge on any atom is -0.497 e. The molecule has 1 aliphatic rings. The molecule has 0 radical (unpaired) electrons. The minimum absolute atomic E-state index is 0. The zero-order chi connectivity index (χ0) is 17.9. The van der Waals surface area contributed by atoms with E-state index in [4.69, 9.17) is 9.47 Å². The number of nitrogens with one attached hydrogen (secondary N) is 1. The number of benzene rings is 2. The maximum absolute atomic E-state index is 12.7. The van der Waals surface area contributed by atoms with Crippen LogP contribution in [0.2, 0.25) is 0 Å². The molecule has 1 N–H and O–H groups in total. The van der Waals surface area contributed by atoms with E-state index in [1.54, 1.807) is 62.7 Å². The Morgan fingerprint density at radius 2 is 1.54 bits per heavy atom. The van der Waals surface area contributed by atoms with Gasteiger partial charge in [0.2, 0.25) is 10.0 Å². The Balaban J connectivity index is 0.00000243. The lowest BCUT2D eigenvalue weighted by Crippen LogP contribution is -2.38. The van der Waals surface area contributed by atoms with Crippen molar-refractivity contribution in [2.75, 3.05) is 27.2 Å². The first-order valence-corrected chi connectivity index (χ1v) is 9.55. The van der Waals surface area contributed by atoms with Crippen LogP contribution in [0.3, 0.4) is 0 Å². The number of ether oxygens (including phenoxy) is 2. The summed E-state index contributed by atoms with van der Waals surface area (Å²) in [4.78, 5) is 0.268. The first-order valence-electron chi connectivity index (χ1n) is 8.11. The summed E-state index contributed by atoms with van der Waals surface area (Å²) in [6.07, 6.45) is 0.828.